The van der Waals surface area contributed by atoms with E-state index < -0.39 is 6.04 Å². The first-order valence-electron chi connectivity index (χ1n) is 6.87. The fraction of sp³-hybridized carbons (Fsp3) is 0.250. The first-order valence-corrected chi connectivity index (χ1v) is 8.13. The zero-order valence-corrected chi connectivity index (χ0v) is 13.9. The van der Waals surface area contributed by atoms with Gasteiger partial charge in [-0.05, 0) is 49.6 Å². The van der Waals surface area contributed by atoms with E-state index in [9.17, 15) is 9.59 Å². The van der Waals surface area contributed by atoms with Crippen LogP contribution in [0.2, 0.25) is 5.02 Å². The highest BCUT2D eigenvalue weighted by Crippen LogP contribution is 2.18. The summed E-state index contributed by atoms with van der Waals surface area (Å²) in [5.74, 6) is -0.522. The van der Waals surface area contributed by atoms with E-state index in [0.29, 0.717) is 10.6 Å². The van der Waals surface area contributed by atoms with E-state index in [2.05, 4.69) is 10.6 Å². The molecule has 0 bridgehead atoms. The molecule has 2 aromatic rings. The molecule has 6 heteroatoms. The molecule has 1 aromatic heterocycles. The maximum absolute atomic E-state index is 12.1. The zero-order chi connectivity index (χ0) is 16.1. The summed E-state index contributed by atoms with van der Waals surface area (Å²) in [6.45, 7) is 3.57. The van der Waals surface area contributed by atoms with Crippen molar-refractivity contribution < 1.29 is 9.59 Å². The maximum atomic E-state index is 12.1. The fourth-order valence-electron chi connectivity index (χ4n) is 1.89. The van der Waals surface area contributed by atoms with Gasteiger partial charge in [-0.3, -0.25) is 9.59 Å². The molecule has 0 radical (unpaired) electrons. The molecule has 2 unspecified atom stereocenters. The maximum Gasteiger partial charge on any atom is 0.251 e. The highest BCUT2D eigenvalue weighted by molar-refractivity contribution is 7.10. The molecule has 22 heavy (non-hydrogen) atoms. The molecule has 2 N–H and O–H groups in total. The van der Waals surface area contributed by atoms with Gasteiger partial charge in [0.05, 0.1) is 6.04 Å². The normalized spacial score (nSPS) is 13.2. The Morgan fingerprint density at radius 1 is 1.09 bits per heavy atom. The van der Waals surface area contributed by atoms with Crippen LogP contribution in [-0.4, -0.2) is 17.9 Å². The molecule has 0 aliphatic rings. The lowest BCUT2D eigenvalue weighted by molar-refractivity contribution is -0.123. The topological polar surface area (TPSA) is 58.2 Å². The minimum atomic E-state index is -0.620. The predicted molar refractivity (Wildman–Crippen MR) is 89.3 cm³/mol. The summed E-state index contributed by atoms with van der Waals surface area (Å²) < 4.78 is 0. The molecule has 0 saturated carbocycles. The smallest absolute Gasteiger partial charge is 0.251 e. The van der Waals surface area contributed by atoms with Crippen molar-refractivity contribution in [3.8, 4) is 0 Å². The van der Waals surface area contributed by atoms with Crippen LogP contribution in [0.4, 0.5) is 0 Å². The van der Waals surface area contributed by atoms with Gasteiger partial charge >= 0.3 is 0 Å². The fourth-order valence-corrected chi connectivity index (χ4v) is 2.75. The van der Waals surface area contributed by atoms with Crippen molar-refractivity contribution in [1.29, 1.82) is 0 Å². The number of thiophene rings is 1. The molecule has 1 aromatic carbocycles. The summed E-state index contributed by atoms with van der Waals surface area (Å²) in [4.78, 5) is 25.3. The summed E-state index contributed by atoms with van der Waals surface area (Å²) in [5.41, 5.74) is 0.468. The van der Waals surface area contributed by atoms with Gasteiger partial charge in [0.2, 0.25) is 5.91 Å². The number of nitrogens with one attached hydrogen (secondary N) is 2. The first kappa shape index (κ1) is 16.5. The van der Waals surface area contributed by atoms with Gasteiger partial charge < -0.3 is 10.6 Å². The van der Waals surface area contributed by atoms with Crippen LogP contribution in [0.3, 0.4) is 0 Å². The summed E-state index contributed by atoms with van der Waals surface area (Å²) in [5, 5.41) is 8.08. The highest BCUT2D eigenvalue weighted by atomic mass is 35.5. The van der Waals surface area contributed by atoms with Crippen LogP contribution in [-0.2, 0) is 4.79 Å². The number of amides is 2. The lowest BCUT2D eigenvalue weighted by Gasteiger charge is -2.17. The molecule has 4 nitrogen and oxygen atoms in total. The van der Waals surface area contributed by atoms with E-state index in [0.717, 1.165) is 4.88 Å². The van der Waals surface area contributed by atoms with Crippen molar-refractivity contribution in [2.75, 3.05) is 0 Å². The van der Waals surface area contributed by atoms with Crippen LogP contribution in [0.25, 0.3) is 0 Å². The summed E-state index contributed by atoms with van der Waals surface area (Å²) in [6, 6.07) is 9.72. The quantitative estimate of drug-likeness (QED) is 0.879. The van der Waals surface area contributed by atoms with Gasteiger partial charge in [0.25, 0.3) is 5.91 Å². The van der Waals surface area contributed by atoms with Crippen molar-refractivity contribution in [2.45, 2.75) is 25.9 Å². The molecule has 1 heterocycles. The number of halogens is 1. The lowest BCUT2D eigenvalue weighted by Crippen LogP contribution is -2.45. The summed E-state index contributed by atoms with van der Waals surface area (Å²) >= 11 is 7.37. The summed E-state index contributed by atoms with van der Waals surface area (Å²) in [7, 11) is 0. The van der Waals surface area contributed by atoms with Crippen molar-refractivity contribution in [2.24, 2.45) is 0 Å². The third-order valence-corrected chi connectivity index (χ3v) is 4.48. The Labute approximate surface area is 138 Å². The Morgan fingerprint density at radius 3 is 2.36 bits per heavy atom. The Morgan fingerprint density at radius 2 is 1.77 bits per heavy atom. The Bertz CT molecular complexity index is 641. The van der Waals surface area contributed by atoms with E-state index in [1.54, 1.807) is 42.5 Å². The predicted octanol–water partition coefficient (Wildman–Crippen LogP) is 3.40. The van der Waals surface area contributed by atoms with Gasteiger partial charge in [-0.1, -0.05) is 17.7 Å². The second-order valence-electron chi connectivity index (χ2n) is 4.95. The molecule has 0 aliphatic heterocycles. The summed E-state index contributed by atoms with van der Waals surface area (Å²) in [6.07, 6.45) is 0. The van der Waals surface area contributed by atoms with Gasteiger partial charge in [0, 0.05) is 15.5 Å². The van der Waals surface area contributed by atoms with Crippen LogP contribution in [0.5, 0.6) is 0 Å². The van der Waals surface area contributed by atoms with Crippen LogP contribution in [0.15, 0.2) is 41.8 Å². The third-order valence-electron chi connectivity index (χ3n) is 3.18. The van der Waals surface area contributed by atoms with Gasteiger partial charge in [-0.2, -0.15) is 0 Å². The SMILES string of the molecule is CC(NC(=O)c1ccc(Cl)cc1)C(=O)NC(C)c1cccs1. The van der Waals surface area contributed by atoms with Gasteiger partial charge in [-0.15, -0.1) is 11.3 Å². The molecule has 0 spiro atoms. The number of hydrogen-bond donors (Lipinski definition) is 2. The number of carbonyl (C=O) groups excluding carboxylic acids is 2. The molecular weight excluding hydrogens is 320 g/mol. The number of rotatable bonds is 5. The Hall–Kier alpha value is -1.85. The van der Waals surface area contributed by atoms with Gasteiger partial charge in [0.15, 0.2) is 0 Å². The highest BCUT2D eigenvalue weighted by Gasteiger charge is 2.19. The van der Waals surface area contributed by atoms with Crippen LogP contribution in [0.1, 0.15) is 35.1 Å². The van der Waals surface area contributed by atoms with Crippen molar-refractivity contribution >= 4 is 34.8 Å². The first-order chi connectivity index (χ1) is 10.5. The third kappa shape index (κ3) is 4.32. The van der Waals surface area contributed by atoms with Gasteiger partial charge in [-0.25, -0.2) is 0 Å². The molecule has 2 atom stereocenters. The number of hydrogen-bond acceptors (Lipinski definition) is 3. The van der Waals surface area contributed by atoms with Crippen molar-refractivity contribution in [1.82, 2.24) is 10.6 Å². The molecule has 2 rings (SSSR count). The van der Waals surface area contributed by atoms with Crippen LogP contribution in [0, 0.1) is 0 Å². The molecule has 0 fully saturated rings. The minimum absolute atomic E-state index is 0.0811. The monoisotopic (exact) mass is 336 g/mol. The second-order valence-corrected chi connectivity index (χ2v) is 6.36. The van der Waals surface area contributed by atoms with E-state index in [4.69, 9.17) is 11.6 Å². The average Bonchev–Trinajstić information content (AvgIpc) is 3.02. The average molecular weight is 337 g/mol. The van der Waals surface area contributed by atoms with Crippen LogP contribution < -0.4 is 10.6 Å². The minimum Gasteiger partial charge on any atom is -0.347 e. The zero-order valence-electron chi connectivity index (χ0n) is 12.3. The lowest BCUT2D eigenvalue weighted by atomic mass is 10.2. The van der Waals surface area contributed by atoms with Gasteiger partial charge in [0.1, 0.15) is 6.04 Å². The second kappa shape index (κ2) is 7.42. The molecule has 0 saturated heterocycles. The van der Waals surface area contributed by atoms with Crippen molar-refractivity contribution in [3.63, 3.8) is 0 Å². The Kier molecular flexibility index (Phi) is 5.57. The number of benzene rings is 1. The van der Waals surface area contributed by atoms with Crippen LogP contribution >= 0.6 is 22.9 Å². The van der Waals surface area contributed by atoms with E-state index in [1.165, 1.54) is 0 Å². The Balaban J connectivity index is 1.90. The number of carbonyl (C=O) groups is 2. The molecule has 2 amide bonds. The van der Waals surface area contributed by atoms with E-state index >= 15 is 0 Å². The largest absolute Gasteiger partial charge is 0.347 e. The van der Waals surface area contributed by atoms with Crippen molar-refractivity contribution in [3.05, 3.63) is 57.2 Å². The molecule has 0 aliphatic carbocycles. The van der Waals surface area contributed by atoms with E-state index in [1.807, 2.05) is 24.4 Å². The molecular formula is C16H17ClN2O2S. The van der Waals surface area contributed by atoms with E-state index in [-0.39, 0.29) is 17.9 Å². The standard InChI is InChI=1S/C16H17ClN2O2S/c1-10(14-4-3-9-22-14)18-15(20)11(2)19-16(21)12-5-7-13(17)8-6-12/h3-11H,1-2H3,(H,18,20)(H,19,21). The molecule has 116 valence electrons.